The molecule has 0 radical (unpaired) electrons. The molecule has 196 valence electrons. The van der Waals surface area contributed by atoms with Gasteiger partial charge in [0, 0.05) is 52.1 Å². The van der Waals surface area contributed by atoms with Crippen molar-refractivity contribution >= 4 is 44.4 Å². The van der Waals surface area contributed by atoms with Crippen LogP contribution in [0.2, 0.25) is 0 Å². The second-order valence-electron chi connectivity index (χ2n) is 11.2. The van der Waals surface area contributed by atoms with Crippen LogP contribution in [0.3, 0.4) is 0 Å². The Hall–Kier alpha value is -5.14. The van der Waals surface area contributed by atoms with Gasteiger partial charge in [0.25, 0.3) is 0 Å². The molecule has 0 N–H and O–H groups in total. The molecule has 0 saturated carbocycles. The second-order valence-corrected chi connectivity index (χ2v) is 11.2. The zero-order chi connectivity index (χ0) is 27.5. The van der Waals surface area contributed by atoms with Crippen LogP contribution in [0.5, 0.6) is 0 Å². The predicted octanol–water partition coefficient (Wildman–Crippen LogP) is 9.13. The summed E-state index contributed by atoms with van der Waals surface area (Å²) in [4.78, 5) is 4.15. The van der Waals surface area contributed by atoms with Crippen molar-refractivity contribution < 1.29 is 4.42 Å². The Morgan fingerprint density at radius 2 is 1.88 bits per heavy atom. The van der Waals surface area contributed by atoms with E-state index in [1.807, 2.05) is 6.07 Å². The molecule has 4 nitrogen and oxygen atoms in total. The first-order valence-corrected chi connectivity index (χ1v) is 14.2. The number of nitrogens with zero attached hydrogens (tertiary/aromatic N) is 3. The normalized spacial score (nSPS) is 18.1. The van der Waals surface area contributed by atoms with E-state index in [1.165, 1.54) is 21.7 Å². The predicted molar refractivity (Wildman–Crippen MR) is 166 cm³/mol. The Labute approximate surface area is 238 Å². The summed E-state index contributed by atoms with van der Waals surface area (Å²) in [5, 5.41) is 13.2. The van der Waals surface area contributed by atoms with Crippen LogP contribution in [-0.4, -0.2) is 9.55 Å². The largest absolute Gasteiger partial charge is 0.458 e. The molecular formula is C37H27N3O. The number of pyridine rings is 1. The van der Waals surface area contributed by atoms with E-state index in [0.717, 1.165) is 57.6 Å². The number of fused-ring (bicyclic) bond motifs is 7. The summed E-state index contributed by atoms with van der Waals surface area (Å²) in [7, 11) is 0. The summed E-state index contributed by atoms with van der Waals surface area (Å²) in [6, 6.07) is 26.1. The average molecular weight is 530 g/mol. The quantitative estimate of drug-likeness (QED) is 0.230. The summed E-state index contributed by atoms with van der Waals surface area (Å²) < 4.78 is 9.03. The number of allylic oxidation sites excluding steroid dienone is 5. The number of hydrogen-bond donors (Lipinski definition) is 0. The molecule has 0 bridgehead atoms. The van der Waals surface area contributed by atoms with Gasteiger partial charge in [-0.15, -0.1) is 0 Å². The molecule has 2 unspecified atom stereocenters. The summed E-state index contributed by atoms with van der Waals surface area (Å²) in [6.45, 7) is 2.24. The van der Waals surface area contributed by atoms with Gasteiger partial charge in [-0.25, -0.2) is 0 Å². The number of furan rings is 1. The van der Waals surface area contributed by atoms with Crippen molar-refractivity contribution in [1.82, 2.24) is 9.55 Å². The number of nitriles is 1. The van der Waals surface area contributed by atoms with Crippen molar-refractivity contribution in [3.05, 3.63) is 131 Å². The van der Waals surface area contributed by atoms with Crippen LogP contribution in [0.4, 0.5) is 0 Å². The fourth-order valence-corrected chi connectivity index (χ4v) is 6.63. The van der Waals surface area contributed by atoms with E-state index in [9.17, 15) is 5.26 Å². The van der Waals surface area contributed by atoms with E-state index < -0.39 is 0 Å². The summed E-state index contributed by atoms with van der Waals surface area (Å²) in [5.74, 6) is 1.68. The molecule has 0 spiro atoms. The molecule has 2 aliphatic rings. The molecule has 2 atom stereocenters. The van der Waals surface area contributed by atoms with Gasteiger partial charge >= 0.3 is 0 Å². The first-order chi connectivity index (χ1) is 20.2. The molecule has 41 heavy (non-hydrogen) atoms. The molecule has 0 fully saturated rings. The van der Waals surface area contributed by atoms with Crippen LogP contribution < -0.4 is 0 Å². The van der Waals surface area contributed by atoms with Gasteiger partial charge in [-0.3, -0.25) is 4.98 Å². The first-order valence-electron chi connectivity index (χ1n) is 14.2. The van der Waals surface area contributed by atoms with Crippen LogP contribution >= 0.6 is 0 Å². The van der Waals surface area contributed by atoms with Crippen molar-refractivity contribution in [3.63, 3.8) is 0 Å². The van der Waals surface area contributed by atoms with Gasteiger partial charge in [0.05, 0.1) is 16.6 Å². The van der Waals surface area contributed by atoms with Crippen LogP contribution in [0.1, 0.15) is 47.3 Å². The third-order valence-electron chi connectivity index (χ3n) is 8.59. The van der Waals surface area contributed by atoms with Crippen molar-refractivity contribution in [2.75, 3.05) is 0 Å². The van der Waals surface area contributed by atoms with Gasteiger partial charge in [0.1, 0.15) is 11.8 Å². The van der Waals surface area contributed by atoms with E-state index in [0.29, 0.717) is 11.5 Å². The van der Waals surface area contributed by atoms with Gasteiger partial charge in [-0.1, -0.05) is 73.7 Å². The molecule has 4 heteroatoms. The minimum atomic E-state index is 0.133. The topological polar surface area (TPSA) is 54.8 Å². The van der Waals surface area contributed by atoms with E-state index in [4.69, 9.17) is 4.42 Å². The molecule has 3 aromatic heterocycles. The highest BCUT2D eigenvalue weighted by Gasteiger charge is 2.23. The zero-order valence-electron chi connectivity index (χ0n) is 22.7. The number of hydrogen-bond acceptors (Lipinski definition) is 3. The van der Waals surface area contributed by atoms with Gasteiger partial charge in [0.2, 0.25) is 0 Å². The Balaban J connectivity index is 1.33. The molecule has 0 aliphatic heterocycles. The van der Waals surface area contributed by atoms with E-state index in [1.54, 1.807) is 12.4 Å². The zero-order valence-corrected chi connectivity index (χ0v) is 22.7. The molecule has 2 aliphatic carbocycles. The lowest BCUT2D eigenvalue weighted by atomic mass is 9.86. The minimum Gasteiger partial charge on any atom is -0.458 e. The number of aromatic nitrogens is 2. The minimum absolute atomic E-state index is 0.133. The van der Waals surface area contributed by atoms with Crippen LogP contribution in [0, 0.1) is 17.2 Å². The first kappa shape index (κ1) is 23.7. The van der Waals surface area contributed by atoms with Gasteiger partial charge in [-0.05, 0) is 59.4 Å². The summed E-state index contributed by atoms with van der Waals surface area (Å²) in [5.41, 5.74) is 9.48. The average Bonchev–Trinajstić information content (AvgIpc) is 3.56. The maximum atomic E-state index is 9.65. The third-order valence-corrected chi connectivity index (χ3v) is 8.59. The van der Waals surface area contributed by atoms with Gasteiger partial charge in [0.15, 0.2) is 5.58 Å². The fourth-order valence-electron chi connectivity index (χ4n) is 6.63. The third kappa shape index (κ3) is 3.70. The standard InChI is InChI=1S/C37H27N3O/c1-23-12-13-31-33-15-14-32-30-10-2-3-11-34(30)40(36(32)37(33)41-35(31)18-23)28-9-5-7-25(20-28)24-6-4-8-26(19-24)29-16-17-39-22-27(29)21-38/h2-7,9-17,19-20,22-23,26H,8,18H2,1H3. The summed E-state index contributed by atoms with van der Waals surface area (Å²) >= 11 is 0. The van der Waals surface area contributed by atoms with Crippen LogP contribution in [0.15, 0.2) is 108 Å². The molecule has 6 aromatic rings. The van der Waals surface area contributed by atoms with E-state index >= 15 is 0 Å². The van der Waals surface area contributed by atoms with Gasteiger partial charge < -0.3 is 8.98 Å². The lowest BCUT2D eigenvalue weighted by molar-refractivity contribution is 0.514. The van der Waals surface area contributed by atoms with Crippen molar-refractivity contribution in [1.29, 1.82) is 5.26 Å². The number of benzene rings is 3. The SMILES string of the molecule is CC1C=Cc2c(oc3c2ccc2c4ccccc4n(-c4cccc(C5=CC(c6ccncc6C#N)CC=C5)c4)c23)C1. The summed E-state index contributed by atoms with van der Waals surface area (Å²) in [6.07, 6.45) is 16.4. The lowest BCUT2D eigenvalue weighted by Crippen LogP contribution is -2.02. The molecular weight excluding hydrogens is 502 g/mol. The molecule has 3 aromatic carbocycles. The Morgan fingerprint density at radius 3 is 2.80 bits per heavy atom. The van der Waals surface area contributed by atoms with Crippen LogP contribution in [-0.2, 0) is 6.42 Å². The maximum absolute atomic E-state index is 9.65. The Bertz CT molecular complexity index is 2150. The molecule has 0 amide bonds. The molecule has 3 heterocycles. The monoisotopic (exact) mass is 529 g/mol. The number of para-hydroxylation sites is 1. The smallest absolute Gasteiger partial charge is 0.159 e. The number of rotatable bonds is 3. The highest BCUT2D eigenvalue weighted by atomic mass is 16.3. The Kier molecular flexibility index (Phi) is 5.33. The molecule has 8 rings (SSSR count). The van der Waals surface area contributed by atoms with Crippen molar-refractivity contribution in [3.8, 4) is 11.8 Å². The highest BCUT2D eigenvalue weighted by Crippen LogP contribution is 2.42. The van der Waals surface area contributed by atoms with Crippen molar-refractivity contribution in [2.24, 2.45) is 5.92 Å². The van der Waals surface area contributed by atoms with E-state index in [-0.39, 0.29) is 5.92 Å². The second kappa shape index (κ2) is 9.21. The van der Waals surface area contributed by atoms with Crippen LogP contribution in [0.25, 0.3) is 50.1 Å². The fraction of sp³-hybridized carbons (Fsp3) is 0.135. The Morgan fingerprint density at radius 1 is 0.976 bits per heavy atom. The van der Waals surface area contributed by atoms with Crippen molar-refractivity contribution in [2.45, 2.75) is 25.7 Å². The van der Waals surface area contributed by atoms with Gasteiger partial charge in [-0.2, -0.15) is 5.26 Å². The highest BCUT2D eigenvalue weighted by molar-refractivity contribution is 6.18. The molecule has 0 saturated heterocycles. The lowest BCUT2D eigenvalue weighted by Gasteiger charge is -2.19. The maximum Gasteiger partial charge on any atom is 0.159 e. The van der Waals surface area contributed by atoms with E-state index in [2.05, 4.69) is 114 Å².